The normalized spacial score (nSPS) is 23.8. The lowest BCUT2D eigenvalue weighted by atomic mass is 10.0. The summed E-state index contributed by atoms with van der Waals surface area (Å²) in [5, 5.41) is 0. The number of hydrogen-bond donors (Lipinski definition) is 0. The molecule has 0 radical (unpaired) electrons. The van der Waals surface area contributed by atoms with Crippen LogP contribution in [0.2, 0.25) is 0 Å². The first-order valence-electron chi connectivity index (χ1n) is 5.91. The summed E-state index contributed by atoms with van der Waals surface area (Å²) < 4.78 is 4.71. The van der Waals surface area contributed by atoms with Gasteiger partial charge in [-0.15, -0.1) is 0 Å². The highest BCUT2D eigenvalue weighted by molar-refractivity contribution is 5.90. The standard InChI is InChI=1S/C13H18N2O2/c1-9-7-15(8-10(9)2)12-6-11(4-5-14-12)13(16)17-3/h4-6,9-10H,7-8H2,1-3H3. The minimum Gasteiger partial charge on any atom is -0.465 e. The molecule has 17 heavy (non-hydrogen) atoms. The number of rotatable bonds is 2. The van der Waals surface area contributed by atoms with Crippen LogP contribution in [0, 0.1) is 11.8 Å². The highest BCUT2D eigenvalue weighted by Crippen LogP contribution is 2.26. The minimum absolute atomic E-state index is 0.311. The molecule has 1 aromatic rings. The van der Waals surface area contributed by atoms with Gasteiger partial charge in [-0.05, 0) is 24.0 Å². The molecule has 2 rings (SSSR count). The zero-order valence-electron chi connectivity index (χ0n) is 10.5. The number of anilines is 1. The number of pyridine rings is 1. The molecule has 92 valence electrons. The van der Waals surface area contributed by atoms with Crippen molar-refractivity contribution in [3.05, 3.63) is 23.9 Å². The summed E-state index contributed by atoms with van der Waals surface area (Å²) in [6, 6.07) is 3.48. The van der Waals surface area contributed by atoms with E-state index in [4.69, 9.17) is 4.74 Å². The lowest BCUT2D eigenvalue weighted by Crippen LogP contribution is -2.21. The fourth-order valence-corrected chi connectivity index (χ4v) is 2.15. The molecule has 0 saturated carbocycles. The number of hydrogen-bond acceptors (Lipinski definition) is 4. The molecule has 1 saturated heterocycles. The quantitative estimate of drug-likeness (QED) is 0.734. The molecule has 2 unspecified atom stereocenters. The molecular weight excluding hydrogens is 216 g/mol. The fourth-order valence-electron chi connectivity index (χ4n) is 2.15. The van der Waals surface area contributed by atoms with Crippen LogP contribution in [0.1, 0.15) is 24.2 Å². The highest BCUT2D eigenvalue weighted by Gasteiger charge is 2.27. The van der Waals surface area contributed by atoms with Gasteiger partial charge in [-0.3, -0.25) is 0 Å². The topological polar surface area (TPSA) is 42.4 Å². The van der Waals surface area contributed by atoms with Gasteiger partial charge in [0.1, 0.15) is 5.82 Å². The van der Waals surface area contributed by atoms with E-state index in [0.29, 0.717) is 17.4 Å². The predicted octanol–water partition coefficient (Wildman–Crippen LogP) is 1.96. The number of nitrogens with zero attached hydrogens (tertiary/aromatic N) is 2. The Labute approximate surface area is 102 Å². The number of esters is 1. The summed E-state index contributed by atoms with van der Waals surface area (Å²) in [5.74, 6) is 1.88. The van der Waals surface area contributed by atoms with Crippen LogP contribution in [-0.2, 0) is 4.74 Å². The third-order valence-corrected chi connectivity index (χ3v) is 3.48. The van der Waals surface area contributed by atoms with Crippen molar-refractivity contribution in [3.63, 3.8) is 0 Å². The minimum atomic E-state index is -0.311. The maximum Gasteiger partial charge on any atom is 0.338 e. The molecule has 1 aliphatic rings. The largest absolute Gasteiger partial charge is 0.465 e. The second kappa shape index (κ2) is 4.73. The van der Waals surface area contributed by atoms with Crippen molar-refractivity contribution in [1.29, 1.82) is 0 Å². The van der Waals surface area contributed by atoms with Crippen LogP contribution in [0.15, 0.2) is 18.3 Å². The SMILES string of the molecule is COC(=O)c1ccnc(N2CC(C)C(C)C2)c1. The molecule has 0 N–H and O–H groups in total. The molecule has 0 bridgehead atoms. The van der Waals surface area contributed by atoms with E-state index in [1.54, 1.807) is 18.3 Å². The van der Waals surface area contributed by atoms with Crippen molar-refractivity contribution in [1.82, 2.24) is 4.98 Å². The second-order valence-electron chi connectivity index (χ2n) is 4.75. The van der Waals surface area contributed by atoms with Gasteiger partial charge in [0.25, 0.3) is 0 Å². The highest BCUT2D eigenvalue weighted by atomic mass is 16.5. The molecular formula is C13H18N2O2. The van der Waals surface area contributed by atoms with Crippen LogP contribution in [-0.4, -0.2) is 31.2 Å². The van der Waals surface area contributed by atoms with Crippen LogP contribution in [0.25, 0.3) is 0 Å². The number of methoxy groups -OCH3 is 1. The van der Waals surface area contributed by atoms with Gasteiger partial charge in [0.2, 0.25) is 0 Å². The van der Waals surface area contributed by atoms with Crippen molar-refractivity contribution in [3.8, 4) is 0 Å². The molecule has 0 aromatic carbocycles. The van der Waals surface area contributed by atoms with Crippen molar-refractivity contribution in [2.24, 2.45) is 11.8 Å². The Kier molecular flexibility index (Phi) is 3.31. The smallest absolute Gasteiger partial charge is 0.338 e. The Morgan fingerprint density at radius 2 is 2.06 bits per heavy atom. The van der Waals surface area contributed by atoms with Crippen LogP contribution < -0.4 is 4.90 Å². The molecule has 1 aliphatic heterocycles. The molecule has 0 aliphatic carbocycles. The van der Waals surface area contributed by atoms with Crippen LogP contribution >= 0.6 is 0 Å². The Morgan fingerprint density at radius 3 is 2.65 bits per heavy atom. The monoisotopic (exact) mass is 234 g/mol. The first kappa shape index (κ1) is 11.9. The van der Waals surface area contributed by atoms with Crippen molar-refractivity contribution < 1.29 is 9.53 Å². The van der Waals surface area contributed by atoms with Gasteiger partial charge < -0.3 is 9.64 Å². The van der Waals surface area contributed by atoms with E-state index in [-0.39, 0.29) is 5.97 Å². The van der Waals surface area contributed by atoms with Crippen LogP contribution in [0.5, 0.6) is 0 Å². The third-order valence-electron chi connectivity index (χ3n) is 3.48. The molecule has 2 heterocycles. The van der Waals surface area contributed by atoms with E-state index in [0.717, 1.165) is 18.9 Å². The second-order valence-corrected chi connectivity index (χ2v) is 4.75. The summed E-state index contributed by atoms with van der Waals surface area (Å²) in [4.78, 5) is 18.0. The number of carbonyl (C=O) groups is 1. The summed E-state index contributed by atoms with van der Waals surface area (Å²) >= 11 is 0. The van der Waals surface area contributed by atoms with E-state index in [1.165, 1.54) is 7.11 Å². The maximum atomic E-state index is 11.4. The molecule has 4 heteroatoms. The zero-order chi connectivity index (χ0) is 12.4. The van der Waals surface area contributed by atoms with Gasteiger partial charge in [0.15, 0.2) is 0 Å². The van der Waals surface area contributed by atoms with Gasteiger partial charge in [0.05, 0.1) is 12.7 Å². The fraction of sp³-hybridized carbons (Fsp3) is 0.538. The van der Waals surface area contributed by atoms with Crippen molar-refractivity contribution in [2.45, 2.75) is 13.8 Å². The average molecular weight is 234 g/mol. The summed E-state index contributed by atoms with van der Waals surface area (Å²) in [7, 11) is 1.39. The van der Waals surface area contributed by atoms with E-state index in [9.17, 15) is 4.79 Å². The van der Waals surface area contributed by atoms with E-state index < -0.39 is 0 Å². The zero-order valence-corrected chi connectivity index (χ0v) is 10.5. The first-order chi connectivity index (χ1) is 8.11. The van der Waals surface area contributed by atoms with Crippen molar-refractivity contribution >= 4 is 11.8 Å². The summed E-state index contributed by atoms with van der Waals surface area (Å²) in [6.07, 6.45) is 1.66. The van der Waals surface area contributed by atoms with Gasteiger partial charge in [-0.1, -0.05) is 13.8 Å². The van der Waals surface area contributed by atoms with Crippen molar-refractivity contribution in [2.75, 3.05) is 25.1 Å². The molecule has 0 spiro atoms. The van der Waals surface area contributed by atoms with Crippen LogP contribution in [0.3, 0.4) is 0 Å². The maximum absolute atomic E-state index is 11.4. The molecule has 4 nitrogen and oxygen atoms in total. The lowest BCUT2D eigenvalue weighted by Gasteiger charge is -2.17. The Balaban J connectivity index is 2.19. The molecule has 2 atom stereocenters. The van der Waals surface area contributed by atoms with E-state index in [2.05, 4.69) is 23.7 Å². The number of carbonyl (C=O) groups excluding carboxylic acids is 1. The third kappa shape index (κ3) is 2.40. The molecule has 0 amide bonds. The Bertz CT molecular complexity index is 410. The molecule has 1 aromatic heterocycles. The first-order valence-corrected chi connectivity index (χ1v) is 5.91. The van der Waals surface area contributed by atoms with Gasteiger partial charge >= 0.3 is 5.97 Å². The summed E-state index contributed by atoms with van der Waals surface area (Å²) in [6.45, 7) is 6.49. The van der Waals surface area contributed by atoms with E-state index in [1.807, 2.05) is 0 Å². The Morgan fingerprint density at radius 1 is 1.41 bits per heavy atom. The average Bonchev–Trinajstić information content (AvgIpc) is 2.69. The summed E-state index contributed by atoms with van der Waals surface area (Å²) in [5.41, 5.74) is 0.560. The van der Waals surface area contributed by atoms with Gasteiger partial charge in [0, 0.05) is 19.3 Å². The van der Waals surface area contributed by atoms with Gasteiger partial charge in [-0.25, -0.2) is 9.78 Å². The van der Waals surface area contributed by atoms with Gasteiger partial charge in [-0.2, -0.15) is 0 Å². The molecule has 1 fully saturated rings. The number of aromatic nitrogens is 1. The number of ether oxygens (including phenoxy) is 1. The Hall–Kier alpha value is -1.58. The lowest BCUT2D eigenvalue weighted by molar-refractivity contribution is 0.0600. The van der Waals surface area contributed by atoms with Crippen LogP contribution in [0.4, 0.5) is 5.82 Å². The predicted molar refractivity (Wildman–Crippen MR) is 66.1 cm³/mol. The van der Waals surface area contributed by atoms with E-state index >= 15 is 0 Å².